The number of carbonyl (C=O) groups is 1. The second-order valence-electron chi connectivity index (χ2n) is 6.43. The third-order valence-corrected chi connectivity index (χ3v) is 5.85. The van der Waals surface area contributed by atoms with E-state index in [-0.39, 0.29) is 12.3 Å². The van der Waals surface area contributed by atoms with Crippen molar-refractivity contribution >= 4 is 15.9 Å². The predicted octanol–water partition coefficient (Wildman–Crippen LogP) is 1.20. The van der Waals surface area contributed by atoms with Gasteiger partial charge in [-0.25, -0.2) is 13.2 Å². The number of hydrogen-bond donors (Lipinski definition) is 2. The molecule has 2 atom stereocenters. The number of amides is 1. The molecular formula is C13H26N2O4S. The fraction of sp³-hybridized carbons (Fsp3) is 0.923. The van der Waals surface area contributed by atoms with Crippen molar-refractivity contribution in [2.75, 3.05) is 12.3 Å². The first kappa shape index (κ1) is 17.2. The van der Waals surface area contributed by atoms with Crippen LogP contribution in [0.25, 0.3) is 0 Å². The molecule has 0 heterocycles. The molecule has 1 amide bonds. The maximum Gasteiger partial charge on any atom is 0.408 e. The third kappa shape index (κ3) is 4.34. The molecule has 7 heteroatoms. The molecule has 20 heavy (non-hydrogen) atoms. The minimum atomic E-state index is -3.10. The predicted molar refractivity (Wildman–Crippen MR) is 78.3 cm³/mol. The number of alkyl carbamates (subject to hydrolysis) is 1. The highest BCUT2D eigenvalue weighted by atomic mass is 32.2. The zero-order chi connectivity index (χ0) is 15.6. The van der Waals surface area contributed by atoms with Crippen LogP contribution in [0.4, 0.5) is 4.79 Å². The molecule has 0 bridgehead atoms. The van der Waals surface area contributed by atoms with Gasteiger partial charge in [-0.3, -0.25) is 0 Å². The van der Waals surface area contributed by atoms with E-state index in [1.807, 2.05) is 0 Å². The van der Waals surface area contributed by atoms with Crippen LogP contribution in [0, 0.1) is 0 Å². The molecule has 2 unspecified atom stereocenters. The largest absolute Gasteiger partial charge is 0.444 e. The molecule has 3 N–H and O–H groups in total. The van der Waals surface area contributed by atoms with E-state index in [1.54, 1.807) is 27.7 Å². The lowest BCUT2D eigenvalue weighted by molar-refractivity contribution is 0.0460. The summed E-state index contributed by atoms with van der Waals surface area (Å²) in [4.78, 5) is 11.9. The van der Waals surface area contributed by atoms with E-state index >= 15 is 0 Å². The first-order valence-corrected chi connectivity index (χ1v) is 8.68. The summed E-state index contributed by atoms with van der Waals surface area (Å²) in [6, 6.07) is 0. The summed E-state index contributed by atoms with van der Waals surface area (Å²) in [7, 11) is -3.10. The molecule has 0 radical (unpaired) electrons. The standard InChI is InChI=1S/C13H26N2O4S/c1-5-20(17,18)10-6-7-13(8-10,9-14)15-11(16)19-12(2,3)4/h10H,5-9,14H2,1-4H3,(H,15,16). The van der Waals surface area contributed by atoms with Gasteiger partial charge in [-0.05, 0) is 40.0 Å². The lowest BCUT2D eigenvalue weighted by Crippen LogP contribution is -2.53. The molecule has 0 aromatic carbocycles. The van der Waals surface area contributed by atoms with Crippen LogP contribution in [0.2, 0.25) is 0 Å². The number of sulfone groups is 1. The van der Waals surface area contributed by atoms with Gasteiger partial charge < -0.3 is 15.8 Å². The van der Waals surface area contributed by atoms with Crippen LogP contribution in [0.5, 0.6) is 0 Å². The summed E-state index contributed by atoms with van der Waals surface area (Å²) in [5.74, 6) is 0.116. The molecule has 0 saturated heterocycles. The number of ether oxygens (including phenoxy) is 1. The zero-order valence-electron chi connectivity index (χ0n) is 12.7. The van der Waals surface area contributed by atoms with Crippen molar-refractivity contribution in [1.82, 2.24) is 5.32 Å². The summed E-state index contributed by atoms with van der Waals surface area (Å²) in [5.41, 5.74) is 4.50. The first-order chi connectivity index (χ1) is 9.03. The number of nitrogens with two attached hydrogens (primary N) is 1. The van der Waals surface area contributed by atoms with E-state index < -0.39 is 32.3 Å². The number of rotatable bonds is 4. The van der Waals surface area contributed by atoms with Crippen LogP contribution in [0.3, 0.4) is 0 Å². The van der Waals surface area contributed by atoms with Gasteiger partial charge in [0, 0.05) is 12.3 Å². The van der Waals surface area contributed by atoms with E-state index in [9.17, 15) is 13.2 Å². The normalized spacial score (nSPS) is 27.4. The van der Waals surface area contributed by atoms with Crippen LogP contribution in [-0.2, 0) is 14.6 Å². The Hall–Kier alpha value is -0.820. The van der Waals surface area contributed by atoms with E-state index in [4.69, 9.17) is 10.5 Å². The highest BCUT2D eigenvalue weighted by molar-refractivity contribution is 7.92. The molecule has 1 aliphatic rings. The van der Waals surface area contributed by atoms with Gasteiger partial charge in [-0.1, -0.05) is 6.92 Å². The highest BCUT2D eigenvalue weighted by Gasteiger charge is 2.44. The Morgan fingerprint density at radius 1 is 1.45 bits per heavy atom. The Morgan fingerprint density at radius 2 is 2.05 bits per heavy atom. The molecule has 0 aromatic rings. The molecular weight excluding hydrogens is 280 g/mol. The molecule has 1 saturated carbocycles. The quantitative estimate of drug-likeness (QED) is 0.813. The van der Waals surface area contributed by atoms with Crippen molar-refractivity contribution in [3.05, 3.63) is 0 Å². The third-order valence-electron chi connectivity index (χ3n) is 3.63. The molecule has 0 spiro atoms. The van der Waals surface area contributed by atoms with Crippen LogP contribution in [-0.4, -0.2) is 43.2 Å². The monoisotopic (exact) mass is 306 g/mol. The number of nitrogens with one attached hydrogen (secondary N) is 1. The number of carbonyl (C=O) groups excluding carboxylic acids is 1. The molecule has 6 nitrogen and oxygen atoms in total. The summed E-state index contributed by atoms with van der Waals surface area (Å²) in [5, 5.41) is 2.35. The van der Waals surface area contributed by atoms with Crippen molar-refractivity contribution in [2.45, 2.75) is 63.3 Å². The Labute approximate surface area is 121 Å². The Balaban J connectivity index is 2.74. The van der Waals surface area contributed by atoms with Crippen molar-refractivity contribution in [3.8, 4) is 0 Å². The second kappa shape index (κ2) is 5.89. The van der Waals surface area contributed by atoms with Gasteiger partial charge in [-0.15, -0.1) is 0 Å². The van der Waals surface area contributed by atoms with Gasteiger partial charge in [0.1, 0.15) is 5.60 Å². The van der Waals surface area contributed by atoms with E-state index in [1.165, 1.54) is 0 Å². The van der Waals surface area contributed by atoms with Gasteiger partial charge in [0.05, 0.1) is 10.8 Å². The lowest BCUT2D eigenvalue weighted by Gasteiger charge is -2.30. The van der Waals surface area contributed by atoms with Crippen LogP contribution < -0.4 is 11.1 Å². The van der Waals surface area contributed by atoms with Crippen LogP contribution in [0.15, 0.2) is 0 Å². The molecule has 0 aromatic heterocycles. The van der Waals surface area contributed by atoms with Crippen LogP contribution in [0.1, 0.15) is 47.0 Å². The van der Waals surface area contributed by atoms with E-state index in [0.29, 0.717) is 19.3 Å². The fourth-order valence-corrected chi connectivity index (χ4v) is 4.01. The number of hydrogen-bond acceptors (Lipinski definition) is 5. The SMILES string of the molecule is CCS(=O)(=O)C1CCC(CN)(NC(=O)OC(C)(C)C)C1. The summed E-state index contributed by atoms with van der Waals surface area (Å²) >= 11 is 0. The molecule has 118 valence electrons. The lowest BCUT2D eigenvalue weighted by atomic mass is 9.98. The van der Waals surface area contributed by atoms with E-state index in [2.05, 4.69) is 5.32 Å². The van der Waals surface area contributed by atoms with Crippen molar-refractivity contribution in [1.29, 1.82) is 0 Å². The Morgan fingerprint density at radius 3 is 2.50 bits per heavy atom. The Bertz CT molecular complexity index is 455. The maximum atomic E-state index is 11.9. The Kier molecular flexibility index (Phi) is 5.08. The van der Waals surface area contributed by atoms with Crippen molar-refractivity contribution in [3.63, 3.8) is 0 Å². The van der Waals surface area contributed by atoms with Gasteiger partial charge in [-0.2, -0.15) is 0 Å². The van der Waals surface area contributed by atoms with Gasteiger partial charge >= 0.3 is 6.09 Å². The average Bonchev–Trinajstić information content (AvgIpc) is 2.72. The topological polar surface area (TPSA) is 98.5 Å². The second-order valence-corrected chi connectivity index (χ2v) is 9.00. The van der Waals surface area contributed by atoms with Crippen molar-refractivity contribution in [2.24, 2.45) is 5.73 Å². The minimum Gasteiger partial charge on any atom is -0.444 e. The highest BCUT2D eigenvalue weighted by Crippen LogP contribution is 2.34. The van der Waals surface area contributed by atoms with Gasteiger partial charge in [0.15, 0.2) is 9.84 Å². The fourth-order valence-electron chi connectivity index (χ4n) is 2.49. The average molecular weight is 306 g/mol. The first-order valence-electron chi connectivity index (χ1n) is 6.96. The summed E-state index contributed by atoms with van der Waals surface area (Å²) in [6.07, 6.45) is 0.909. The van der Waals surface area contributed by atoms with E-state index in [0.717, 1.165) is 0 Å². The van der Waals surface area contributed by atoms with Crippen molar-refractivity contribution < 1.29 is 17.9 Å². The molecule has 1 aliphatic carbocycles. The molecule has 1 rings (SSSR count). The van der Waals surface area contributed by atoms with Gasteiger partial charge in [0.2, 0.25) is 0 Å². The maximum absolute atomic E-state index is 11.9. The molecule has 1 fully saturated rings. The van der Waals surface area contributed by atoms with Crippen LogP contribution >= 0.6 is 0 Å². The summed E-state index contributed by atoms with van der Waals surface area (Å²) < 4.78 is 29.1. The minimum absolute atomic E-state index is 0.116. The zero-order valence-corrected chi connectivity index (χ0v) is 13.5. The summed E-state index contributed by atoms with van der Waals surface area (Å²) in [6.45, 7) is 7.18. The molecule has 0 aliphatic heterocycles. The smallest absolute Gasteiger partial charge is 0.408 e. The van der Waals surface area contributed by atoms with Gasteiger partial charge in [0.25, 0.3) is 0 Å².